The molecule has 0 saturated heterocycles. The van der Waals surface area contributed by atoms with E-state index in [1.54, 1.807) is 22.3 Å². The van der Waals surface area contributed by atoms with Crippen LogP contribution in [0.15, 0.2) is 42.3 Å². The van der Waals surface area contributed by atoms with Gasteiger partial charge in [-0.3, -0.25) is 0 Å². The largest absolute Gasteiger partial charge is 0.376 e. The molecule has 0 aliphatic rings. The van der Waals surface area contributed by atoms with Crippen molar-refractivity contribution in [3.8, 4) is 5.69 Å². The molecule has 0 spiro atoms. The molecular formula is C15H15ClN4S. The van der Waals surface area contributed by atoms with Gasteiger partial charge in [0.15, 0.2) is 0 Å². The maximum absolute atomic E-state index is 6.14. The van der Waals surface area contributed by atoms with Crippen molar-refractivity contribution in [1.82, 2.24) is 14.8 Å². The molecule has 21 heavy (non-hydrogen) atoms. The van der Waals surface area contributed by atoms with Gasteiger partial charge in [-0.15, -0.1) is 11.3 Å². The van der Waals surface area contributed by atoms with Gasteiger partial charge in [0.05, 0.1) is 17.4 Å². The fourth-order valence-corrected chi connectivity index (χ4v) is 3.39. The smallest absolute Gasteiger partial charge is 0.138 e. The average Bonchev–Trinajstić information content (AvgIpc) is 3.10. The zero-order valence-electron chi connectivity index (χ0n) is 11.7. The first-order valence-corrected chi connectivity index (χ1v) is 7.86. The van der Waals surface area contributed by atoms with Gasteiger partial charge in [0, 0.05) is 9.90 Å². The van der Waals surface area contributed by atoms with Crippen molar-refractivity contribution < 1.29 is 0 Å². The Morgan fingerprint density at radius 1 is 1.33 bits per heavy atom. The lowest BCUT2D eigenvalue weighted by Crippen LogP contribution is -2.09. The molecule has 0 fully saturated rings. The Bertz CT molecular complexity index is 736. The summed E-state index contributed by atoms with van der Waals surface area (Å²) < 4.78 is 1.73. The molecule has 2 aromatic heterocycles. The minimum Gasteiger partial charge on any atom is -0.376 e. The maximum Gasteiger partial charge on any atom is 0.138 e. The average molecular weight is 319 g/mol. The van der Waals surface area contributed by atoms with Crippen molar-refractivity contribution in [2.24, 2.45) is 0 Å². The van der Waals surface area contributed by atoms with Gasteiger partial charge in [-0.2, -0.15) is 5.10 Å². The summed E-state index contributed by atoms with van der Waals surface area (Å²) in [4.78, 5) is 5.32. The van der Waals surface area contributed by atoms with Gasteiger partial charge in [0.2, 0.25) is 0 Å². The Labute approximate surface area is 132 Å². The molecule has 1 unspecified atom stereocenters. The lowest BCUT2D eigenvalue weighted by atomic mass is 10.1. The zero-order chi connectivity index (χ0) is 14.8. The molecule has 0 amide bonds. The highest BCUT2D eigenvalue weighted by atomic mass is 35.5. The number of benzene rings is 1. The van der Waals surface area contributed by atoms with Crippen LogP contribution in [0, 0.1) is 6.92 Å². The molecule has 4 nitrogen and oxygen atoms in total. The SMILES string of the molecule is Cc1ccsc1C(C)Nc1cc(Cl)ccc1-n1cncn1. The highest BCUT2D eigenvalue weighted by Gasteiger charge is 2.13. The Balaban J connectivity index is 1.95. The highest BCUT2D eigenvalue weighted by Crippen LogP contribution is 2.30. The van der Waals surface area contributed by atoms with Crippen molar-refractivity contribution in [3.05, 3.63) is 57.8 Å². The summed E-state index contributed by atoms with van der Waals surface area (Å²) in [5.41, 5.74) is 3.16. The van der Waals surface area contributed by atoms with E-state index in [9.17, 15) is 0 Å². The van der Waals surface area contributed by atoms with E-state index >= 15 is 0 Å². The van der Waals surface area contributed by atoms with E-state index in [1.165, 1.54) is 16.8 Å². The summed E-state index contributed by atoms with van der Waals surface area (Å²) in [6.45, 7) is 4.27. The van der Waals surface area contributed by atoms with Crippen LogP contribution in [0.3, 0.4) is 0 Å². The number of hydrogen-bond donors (Lipinski definition) is 1. The first kappa shape index (κ1) is 14.1. The lowest BCUT2D eigenvalue weighted by molar-refractivity contribution is 0.858. The molecule has 2 heterocycles. The third kappa shape index (κ3) is 2.94. The van der Waals surface area contributed by atoms with Crippen LogP contribution in [0.2, 0.25) is 5.02 Å². The molecule has 108 valence electrons. The maximum atomic E-state index is 6.14. The van der Waals surface area contributed by atoms with Crippen molar-refractivity contribution in [2.75, 3.05) is 5.32 Å². The van der Waals surface area contributed by atoms with E-state index in [0.717, 1.165) is 11.4 Å². The fourth-order valence-electron chi connectivity index (χ4n) is 2.28. The number of rotatable bonds is 4. The summed E-state index contributed by atoms with van der Waals surface area (Å²) in [5, 5.41) is 10.5. The van der Waals surface area contributed by atoms with Gasteiger partial charge in [-0.05, 0) is 49.1 Å². The second-order valence-electron chi connectivity index (χ2n) is 4.84. The molecule has 0 saturated carbocycles. The van der Waals surface area contributed by atoms with Gasteiger partial charge in [-0.1, -0.05) is 11.6 Å². The van der Waals surface area contributed by atoms with Gasteiger partial charge >= 0.3 is 0 Å². The van der Waals surface area contributed by atoms with E-state index in [1.807, 2.05) is 18.2 Å². The second-order valence-corrected chi connectivity index (χ2v) is 6.22. The number of aryl methyl sites for hydroxylation is 1. The molecule has 0 bridgehead atoms. The van der Waals surface area contributed by atoms with Crippen LogP contribution < -0.4 is 5.32 Å². The lowest BCUT2D eigenvalue weighted by Gasteiger charge is -2.18. The molecule has 3 aromatic rings. The van der Waals surface area contributed by atoms with Gasteiger partial charge in [-0.25, -0.2) is 9.67 Å². The van der Waals surface area contributed by atoms with E-state index < -0.39 is 0 Å². The van der Waals surface area contributed by atoms with Crippen LogP contribution in [0.1, 0.15) is 23.4 Å². The number of nitrogens with zero attached hydrogens (tertiary/aromatic N) is 3. The molecule has 1 atom stereocenters. The minimum absolute atomic E-state index is 0.200. The predicted molar refractivity (Wildman–Crippen MR) is 87.5 cm³/mol. The molecule has 6 heteroatoms. The number of nitrogens with one attached hydrogen (secondary N) is 1. The number of anilines is 1. The Morgan fingerprint density at radius 3 is 2.86 bits per heavy atom. The Kier molecular flexibility index (Phi) is 3.94. The molecular weight excluding hydrogens is 304 g/mol. The third-order valence-corrected chi connectivity index (χ3v) is 4.73. The van der Waals surface area contributed by atoms with Crippen LogP contribution in [0.4, 0.5) is 5.69 Å². The molecule has 0 aliphatic carbocycles. The Morgan fingerprint density at radius 2 is 2.19 bits per heavy atom. The van der Waals surface area contributed by atoms with Crippen LogP contribution >= 0.6 is 22.9 Å². The summed E-state index contributed by atoms with van der Waals surface area (Å²) in [6.07, 6.45) is 3.20. The van der Waals surface area contributed by atoms with Gasteiger partial charge in [0.1, 0.15) is 12.7 Å². The van der Waals surface area contributed by atoms with E-state index in [-0.39, 0.29) is 6.04 Å². The van der Waals surface area contributed by atoms with Crippen LogP contribution in [0.5, 0.6) is 0 Å². The minimum atomic E-state index is 0.200. The van der Waals surface area contributed by atoms with Crippen LogP contribution in [-0.2, 0) is 0 Å². The third-order valence-electron chi connectivity index (χ3n) is 3.29. The molecule has 0 aliphatic heterocycles. The first-order chi connectivity index (χ1) is 10.1. The normalized spacial score (nSPS) is 12.3. The summed E-state index contributed by atoms with van der Waals surface area (Å²) in [7, 11) is 0. The Hall–Kier alpha value is -1.85. The second kappa shape index (κ2) is 5.87. The number of aromatic nitrogens is 3. The standard InChI is InChI=1S/C15H15ClN4S/c1-10-5-6-21-15(10)11(2)19-13-7-12(16)3-4-14(13)20-9-17-8-18-20/h3-9,11,19H,1-2H3. The number of hydrogen-bond acceptors (Lipinski definition) is 4. The van der Waals surface area contributed by atoms with Crippen LogP contribution in [0.25, 0.3) is 5.69 Å². The van der Waals surface area contributed by atoms with Crippen molar-refractivity contribution >= 4 is 28.6 Å². The molecule has 1 N–H and O–H groups in total. The summed E-state index contributed by atoms with van der Waals surface area (Å²) in [6, 6.07) is 8.04. The zero-order valence-corrected chi connectivity index (χ0v) is 13.3. The fraction of sp³-hybridized carbons (Fsp3) is 0.200. The van der Waals surface area contributed by atoms with Gasteiger partial charge in [0.25, 0.3) is 0 Å². The quantitative estimate of drug-likeness (QED) is 0.772. The predicted octanol–water partition coefficient (Wildman–Crippen LogP) is 4.46. The number of halogens is 1. The first-order valence-electron chi connectivity index (χ1n) is 6.60. The van der Waals surface area contributed by atoms with Crippen molar-refractivity contribution in [1.29, 1.82) is 0 Å². The van der Waals surface area contributed by atoms with E-state index in [4.69, 9.17) is 11.6 Å². The highest BCUT2D eigenvalue weighted by molar-refractivity contribution is 7.10. The molecule has 0 radical (unpaired) electrons. The molecule has 3 rings (SSSR count). The topological polar surface area (TPSA) is 42.7 Å². The summed E-state index contributed by atoms with van der Waals surface area (Å²) in [5.74, 6) is 0. The monoisotopic (exact) mass is 318 g/mol. The van der Waals surface area contributed by atoms with E-state index in [2.05, 4.69) is 40.7 Å². The van der Waals surface area contributed by atoms with Crippen molar-refractivity contribution in [3.63, 3.8) is 0 Å². The summed E-state index contributed by atoms with van der Waals surface area (Å²) >= 11 is 7.89. The van der Waals surface area contributed by atoms with E-state index in [0.29, 0.717) is 5.02 Å². The van der Waals surface area contributed by atoms with Gasteiger partial charge < -0.3 is 5.32 Å². The van der Waals surface area contributed by atoms with Crippen LogP contribution in [-0.4, -0.2) is 14.8 Å². The van der Waals surface area contributed by atoms with Crippen molar-refractivity contribution in [2.45, 2.75) is 19.9 Å². The number of thiophene rings is 1. The molecule has 1 aromatic carbocycles.